The maximum atomic E-state index is 10.9. The molecule has 14 heavy (non-hydrogen) atoms. The molecule has 76 valence electrons. The van der Waals surface area contributed by atoms with Crippen molar-refractivity contribution >= 4 is 17.6 Å². The standard InChI is InChI=1S/C9H9ClO4/c1-14-9(13)8(12)6-4-5(10)2-3-7(6)11/h2-4,8,11-12H,1H3. The molecule has 0 aliphatic heterocycles. The summed E-state index contributed by atoms with van der Waals surface area (Å²) < 4.78 is 4.32. The average Bonchev–Trinajstić information content (AvgIpc) is 2.19. The van der Waals surface area contributed by atoms with Crippen LogP contribution in [0.4, 0.5) is 0 Å². The molecule has 0 saturated carbocycles. The molecule has 0 radical (unpaired) electrons. The Bertz CT molecular complexity index is 351. The van der Waals surface area contributed by atoms with Gasteiger partial charge in [0, 0.05) is 10.6 Å². The highest BCUT2D eigenvalue weighted by Gasteiger charge is 2.21. The second-order valence-electron chi connectivity index (χ2n) is 2.63. The van der Waals surface area contributed by atoms with Crippen LogP contribution >= 0.6 is 11.6 Å². The molecule has 0 aliphatic carbocycles. The van der Waals surface area contributed by atoms with Crippen LogP contribution in [0.2, 0.25) is 5.02 Å². The summed E-state index contributed by atoms with van der Waals surface area (Å²) in [5.41, 5.74) is 0.0318. The Morgan fingerprint density at radius 1 is 1.57 bits per heavy atom. The van der Waals surface area contributed by atoms with Gasteiger partial charge < -0.3 is 14.9 Å². The summed E-state index contributed by atoms with van der Waals surface area (Å²) in [7, 11) is 1.15. The van der Waals surface area contributed by atoms with E-state index in [1.165, 1.54) is 18.2 Å². The number of aliphatic hydroxyl groups excluding tert-OH is 1. The molecule has 0 aromatic heterocycles. The number of phenolic OH excluding ortho intramolecular Hbond substituents is 1. The molecule has 4 nitrogen and oxygen atoms in total. The fourth-order valence-corrected chi connectivity index (χ4v) is 1.16. The number of aromatic hydroxyl groups is 1. The van der Waals surface area contributed by atoms with Crippen molar-refractivity contribution in [2.75, 3.05) is 7.11 Å². The molecule has 1 unspecified atom stereocenters. The lowest BCUT2D eigenvalue weighted by atomic mass is 10.1. The third-order valence-corrected chi connectivity index (χ3v) is 1.94. The molecule has 2 N–H and O–H groups in total. The third kappa shape index (κ3) is 2.16. The summed E-state index contributed by atoms with van der Waals surface area (Å²) in [5.74, 6) is -1.05. The average molecular weight is 217 g/mol. The number of hydrogen-bond donors (Lipinski definition) is 2. The molecule has 1 aromatic rings. The third-order valence-electron chi connectivity index (χ3n) is 1.71. The Kier molecular flexibility index (Phi) is 3.33. The van der Waals surface area contributed by atoms with E-state index in [9.17, 15) is 15.0 Å². The monoisotopic (exact) mass is 216 g/mol. The van der Waals surface area contributed by atoms with Crippen LogP contribution in [-0.2, 0) is 9.53 Å². The van der Waals surface area contributed by atoms with Gasteiger partial charge >= 0.3 is 5.97 Å². The van der Waals surface area contributed by atoms with Crippen LogP contribution in [0, 0.1) is 0 Å². The first-order valence-corrected chi connectivity index (χ1v) is 4.18. The number of aliphatic hydroxyl groups is 1. The summed E-state index contributed by atoms with van der Waals surface area (Å²) in [5, 5.41) is 19.0. The predicted molar refractivity (Wildman–Crippen MR) is 50.1 cm³/mol. The van der Waals surface area contributed by atoms with Gasteiger partial charge in [-0.25, -0.2) is 4.79 Å². The molecule has 0 fully saturated rings. The van der Waals surface area contributed by atoms with Crippen molar-refractivity contribution in [2.24, 2.45) is 0 Å². The van der Waals surface area contributed by atoms with E-state index in [1.807, 2.05) is 0 Å². The van der Waals surface area contributed by atoms with Crippen molar-refractivity contribution in [1.29, 1.82) is 0 Å². The zero-order chi connectivity index (χ0) is 10.7. The molecule has 0 saturated heterocycles. The quantitative estimate of drug-likeness (QED) is 0.731. The molecule has 0 spiro atoms. The first-order chi connectivity index (χ1) is 6.56. The minimum Gasteiger partial charge on any atom is -0.508 e. The summed E-state index contributed by atoms with van der Waals surface area (Å²) in [4.78, 5) is 10.9. The number of benzene rings is 1. The van der Waals surface area contributed by atoms with Crippen molar-refractivity contribution in [3.8, 4) is 5.75 Å². The lowest BCUT2D eigenvalue weighted by Gasteiger charge is -2.10. The highest BCUT2D eigenvalue weighted by Crippen LogP contribution is 2.27. The summed E-state index contributed by atoms with van der Waals surface area (Å²) in [6.45, 7) is 0. The molecular weight excluding hydrogens is 208 g/mol. The Hall–Kier alpha value is -1.26. The maximum Gasteiger partial charge on any atom is 0.339 e. The predicted octanol–water partition coefficient (Wildman–Crippen LogP) is 1.25. The Morgan fingerprint density at radius 2 is 2.21 bits per heavy atom. The molecule has 5 heteroatoms. The molecule has 1 aromatic carbocycles. The zero-order valence-electron chi connectivity index (χ0n) is 7.40. The fraction of sp³-hybridized carbons (Fsp3) is 0.222. The van der Waals surface area contributed by atoms with Crippen molar-refractivity contribution in [3.05, 3.63) is 28.8 Å². The van der Waals surface area contributed by atoms with Crippen LogP contribution in [0.5, 0.6) is 5.75 Å². The number of hydrogen-bond acceptors (Lipinski definition) is 4. The van der Waals surface area contributed by atoms with Crippen LogP contribution in [0.15, 0.2) is 18.2 Å². The van der Waals surface area contributed by atoms with E-state index in [0.717, 1.165) is 7.11 Å². The number of phenols is 1. The van der Waals surface area contributed by atoms with Gasteiger partial charge in [0.1, 0.15) is 5.75 Å². The van der Waals surface area contributed by atoms with Crippen LogP contribution in [0.1, 0.15) is 11.7 Å². The smallest absolute Gasteiger partial charge is 0.339 e. The van der Waals surface area contributed by atoms with E-state index < -0.39 is 12.1 Å². The molecule has 0 aliphatic rings. The number of carbonyl (C=O) groups excluding carboxylic acids is 1. The second-order valence-corrected chi connectivity index (χ2v) is 3.07. The molecule has 1 atom stereocenters. The minimum absolute atomic E-state index is 0.0318. The van der Waals surface area contributed by atoms with Crippen molar-refractivity contribution in [1.82, 2.24) is 0 Å². The number of esters is 1. The highest BCUT2D eigenvalue weighted by atomic mass is 35.5. The number of rotatable bonds is 2. The fourth-order valence-electron chi connectivity index (χ4n) is 0.983. The number of halogens is 1. The molecule has 1 rings (SSSR count). The molecular formula is C9H9ClO4. The van der Waals surface area contributed by atoms with Crippen LogP contribution in [-0.4, -0.2) is 23.3 Å². The lowest BCUT2D eigenvalue weighted by molar-refractivity contribution is -0.150. The van der Waals surface area contributed by atoms with E-state index >= 15 is 0 Å². The van der Waals surface area contributed by atoms with Gasteiger partial charge in [0.2, 0.25) is 0 Å². The molecule has 0 heterocycles. The Balaban J connectivity index is 3.05. The first-order valence-electron chi connectivity index (χ1n) is 3.80. The maximum absolute atomic E-state index is 10.9. The van der Waals surface area contributed by atoms with Crippen LogP contribution < -0.4 is 0 Å². The van der Waals surface area contributed by atoms with Gasteiger partial charge in [0.05, 0.1) is 7.11 Å². The van der Waals surface area contributed by atoms with Crippen molar-refractivity contribution < 1.29 is 19.7 Å². The van der Waals surface area contributed by atoms with Gasteiger partial charge in [-0.2, -0.15) is 0 Å². The van der Waals surface area contributed by atoms with E-state index in [1.54, 1.807) is 0 Å². The zero-order valence-corrected chi connectivity index (χ0v) is 8.15. The van der Waals surface area contributed by atoms with Crippen molar-refractivity contribution in [2.45, 2.75) is 6.10 Å². The summed E-state index contributed by atoms with van der Waals surface area (Å²) in [6.07, 6.45) is -1.52. The van der Waals surface area contributed by atoms with Crippen LogP contribution in [0.3, 0.4) is 0 Å². The van der Waals surface area contributed by atoms with Crippen molar-refractivity contribution in [3.63, 3.8) is 0 Å². The van der Waals surface area contributed by atoms with E-state index in [0.29, 0.717) is 5.02 Å². The highest BCUT2D eigenvalue weighted by molar-refractivity contribution is 6.30. The van der Waals surface area contributed by atoms with Crippen LogP contribution in [0.25, 0.3) is 0 Å². The topological polar surface area (TPSA) is 66.8 Å². The Labute approximate surface area is 85.7 Å². The molecule has 0 amide bonds. The van der Waals surface area contributed by atoms with Gasteiger partial charge in [-0.15, -0.1) is 0 Å². The first kappa shape index (κ1) is 10.8. The summed E-state index contributed by atoms with van der Waals surface area (Å²) >= 11 is 5.63. The lowest BCUT2D eigenvalue weighted by Crippen LogP contribution is -2.13. The SMILES string of the molecule is COC(=O)C(O)c1cc(Cl)ccc1O. The normalized spacial score (nSPS) is 12.2. The van der Waals surface area contributed by atoms with E-state index in [2.05, 4.69) is 4.74 Å². The van der Waals surface area contributed by atoms with E-state index in [4.69, 9.17) is 11.6 Å². The number of methoxy groups -OCH3 is 1. The second kappa shape index (κ2) is 4.30. The number of carbonyl (C=O) groups is 1. The van der Waals surface area contributed by atoms with E-state index in [-0.39, 0.29) is 11.3 Å². The Morgan fingerprint density at radius 3 is 2.79 bits per heavy atom. The van der Waals surface area contributed by atoms with Gasteiger partial charge in [-0.3, -0.25) is 0 Å². The minimum atomic E-state index is -1.52. The van der Waals surface area contributed by atoms with Gasteiger partial charge in [0.25, 0.3) is 0 Å². The van der Waals surface area contributed by atoms with Gasteiger partial charge in [-0.05, 0) is 18.2 Å². The van der Waals surface area contributed by atoms with Gasteiger partial charge in [-0.1, -0.05) is 11.6 Å². The largest absolute Gasteiger partial charge is 0.508 e. The number of ether oxygens (including phenoxy) is 1. The summed E-state index contributed by atoms with van der Waals surface area (Å²) in [6, 6.07) is 4.05. The molecule has 0 bridgehead atoms. The van der Waals surface area contributed by atoms with Gasteiger partial charge in [0.15, 0.2) is 6.10 Å².